The van der Waals surface area contributed by atoms with Gasteiger partial charge in [-0.1, -0.05) is 12.8 Å². The van der Waals surface area contributed by atoms with Crippen LogP contribution in [0.3, 0.4) is 0 Å². The molecule has 2 rings (SSSR count). The summed E-state index contributed by atoms with van der Waals surface area (Å²) in [6.45, 7) is 3.73. The molecule has 0 aromatic carbocycles. The van der Waals surface area contributed by atoms with Gasteiger partial charge >= 0.3 is 0 Å². The summed E-state index contributed by atoms with van der Waals surface area (Å²) in [5.74, 6) is 0. The van der Waals surface area contributed by atoms with E-state index in [4.69, 9.17) is 0 Å². The van der Waals surface area contributed by atoms with Crippen LogP contribution < -0.4 is 0 Å². The van der Waals surface area contributed by atoms with Gasteiger partial charge in [0, 0.05) is 19.1 Å². The first-order valence-electron chi connectivity index (χ1n) is 6.76. The van der Waals surface area contributed by atoms with Crippen LogP contribution in [0.2, 0.25) is 0 Å². The fourth-order valence-electron chi connectivity index (χ4n) is 2.98. The second kappa shape index (κ2) is 5.67. The lowest BCUT2D eigenvalue weighted by molar-refractivity contribution is 0.139. The summed E-state index contributed by atoms with van der Waals surface area (Å²) in [4.78, 5) is 2.52. The van der Waals surface area contributed by atoms with E-state index < -0.39 is 10.0 Å². The van der Waals surface area contributed by atoms with Gasteiger partial charge in [0.05, 0.1) is 6.26 Å². The van der Waals surface area contributed by atoms with E-state index in [9.17, 15) is 8.42 Å². The molecule has 0 aromatic heterocycles. The van der Waals surface area contributed by atoms with Gasteiger partial charge in [-0.3, -0.25) is 4.90 Å². The summed E-state index contributed by atoms with van der Waals surface area (Å²) in [5, 5.41) is 0. The molecule has 2 aliphatic heterocycles. The number of likely N-dealkylation sites (tertiary alicyclic amines) is 1. The number of sulfonamides is 1. The highest BCUT2D eigenvalue weighted by atomic mass is 32.2. The zero-order chi connectivity index (χ0) is 12.3. The summed E-state index contributed by atoms with van der Waals surface area (Å²) < 4.78 is 24.8. The maximum atomic E-state index is 11.6. The zero-order valence-corrected chi connectivity index (χ0v) is 11.6. The van der Waals surface area contributed by atoms with Crippen molar-refractivity contribution in [2.24, 2.45) is 0 Å². The molecule has 17 heavy (non-hydrogen) atoms. The molecule has 1 unspecified atom stereocenters. The molecule has 2 fully saturated rings. The van der Waals surface area contributed by atoms with Crippen molar-refractivity contribution in [2.75, 3.05) is 32.4 Å². The molecule has 0 N–H and O–H groups in total. The quantitative estimate of drug-likeness (QED) is 0.751. The SMILES string of the molecule is CS(=O)(=O)N1CCCC(N2CCCCCC2)C1. The molecule has 0 spiro atoms. The monoisotopic (exact) mass is 260 g/mol. The average Bonchev–Trinajstić information content (AvgIpc) is 2.56. The Bertz CT molecular complexity index is 334. The summed E-state index contributed by atoms with van der Waals surface area (Å²) in [6.07, 6.45) is 8.71. The lowest BCUT2D eigenvalue weighted by Gasteiger charge is -2.37. The minimum absolute atomic E-state index is 0.455. The third-order valence-electron chi connectivity index (χ3n) is 3.99. The Kier molecular flexibility index (Phi) is 4.44. The van der Waals surface area contributed by atoms with E-state index in [2.05, 4.69) is 4.90 Å². The fourth-order valence-corrected chi connectivity index (χ4v) is 3.88. The smallest absolute Gasteiger partial charge is 0.211 e. The standard InChI is InChI=1S/C12H24N2O2S/c1-17(15,16)14-10-6-7-12(11-14)13-8-4-2-3-5-9-13/h12H,2-11H2,1H3. The third kappa shape index (κ3) is 3.66. The first kappa shape index (κ1) is 13.3. The lowest BCUT2D eigenvalue weighted by atomic mass is 10.1. The highest BCUT2D eigenvalue weighted by Crippen LogP contribution is 2.21. The van der Waals surface area contributed by atoms with Crippen LogP contribution in [0.5, 0.6) is 0 Å². The normalized spacial score (nSPS) is 30.1. The Hall–Kier alpha value is -0.130. The van der Waals surface area contributed by atoms with E-state index in [1.807, 2.05) is 0 Å². The first-order chi connectivity index (χ1) is 8.07. The van der Waals surface area contributed by atoms with E-state index in [0.717, 1.165) is 25.9 Å². The molecule has 0 saturated carbocycles. The molecule has 5 heteroatoms. The number of rotatable bonds is 2. The summed E-state index contributed by atoms with van der Waals surface area (Å²) in [5.41, 5.74) is 0. The molecule has 1 atom stereocenters. The summed E-state index contributed by atoms with van der Waals surface area (Å²) in [6, 6.07) is 0.455. The van der Waals surface area contributed by atoms with Gasteiger partial charge in [0.1, 0.15) is 0 Å². The van der Waals surface area contributed by atoms with Crippen LogP contribution in [0.15, 0.2) is 0 Å². The highest BCUT2D eigenvalue weighted by molar-refractivity contribution is 7.88. The maximum Gasteiger partial charge on any atom is 0.211 e. The topological polar surface area (TPSA) is 40.6 Å². The summed E-state index contributed by atoms with van der Waals surface area (Å²) >= 11 is 0. The van der Waals surface area contributed by atoms with Crippen molar-refractivity contribution in [1.29, 1.82) is 0 Å². The van der Waals surface area contributed by atoms with E-state index in [1.165, 1.54) is 31.9 Å². The summed E-state index contributed by atoms with van der Waals surface area (Å²) in [7, 11) is -3.00. The van der Waals surface area contributed by atoms with Crippen molar-refractivity contribution >= 4 is 10.0 Å². The van der Waals surface area contributed by atoms with Gasteiger partial charge in [-0.25, -0.2) is 12.7 Å². The van der Waals surface area contributed by atoms with E-state index in [-0.39, 0.29) is 0 Å². The molecule has 0 aliphatic carbocycles. The third-order valence-corrected chi connectivity index (χ3v) is 5.25. The molecule has 0 radical (unpaired) electrons. The van der Waals surface area contributed by atoms with Crippen LogP contribution in [0.1, 0.15) is 38.5 Å². The minimum atomic E-state index is -3.00. The average molecular weight is 260 g/mol. The molecule has 4 nitrogen and oxygen atoms in total. The van der Waals surface area contributed by atoms with Crippen molar-refractivity contribution in [3.05, 3.63) is 0 Å². The van der Waals surface area contributed by atoms with E-state index in [1.54, 1.807) is 4.31 Å². The minimum Gasteiger partial charge on any atom is -0.299 e. The second-order valence-corrected chi connectivity index (χ2v) is 7.35. The fraction of sp³-hybridized carbons (Fsp3) is 1.00. The van der Waals surface area contributed by atoms with Gasteiger partial charge in [0.15, 0.2) is 0 Å². The predicted molar refractivity (Wildman–Crippen MR) is 69.5 cm³/mol. The van der Waals surface area contributed by atoms with Gasteiger partial charge in [-0.2, -0.15) is 0 Å². The van der Waals surface area contributed by atoms with Crippen LogP contribution in [-0.2, 0) is 10.0 Å². The molecule has 0 amide bonds. The van der Waals surface area contributed by atoms with Gasteiger partial charge in [-0.05, 0) is 38.8 Å². The van der Waals surface area contributed by atoms with Gasteiger partial charge in [-0.15, -0.1) is 0 Å². The number of piperidine rings is 1. The maximum absolute atomic E-state index is 11.6. The van der Waals surface area contributed by atoms with Crippen molar-refractivity contribution in [3.8, 4) is 0 Å². The molecular weight excluding hydrogens is 236 g/mol. The van der Waals surface area contributed by atoms with Crippen LogP contribution in [0.4, 0.5) is 0 Å². The Balaban J connectivity index is 1.96. The number of nitrogens with zero attached hydrogens (tertiary/aromatic N) is 2. The molecule has 2 aliphatic rings. The Morgan fingerprint density at radius 2 is 1.59 bits per heavy atom. The van der Waals surface area contributed by atoms with Gasteiger partial charge in [0.2, 0.25) is 10.0 Å². The molecular formula is C12H24N2O2S. The second-order valence-electron chi connectivity index (χ2n) is 5.37. The van der Waals surface area contributed by atoms with E-state index in [0.29, 0.717) is 19.1 Å². The van der Waals surface area contributed by atoms with Crippen LogP contribution >= 0.6 is 0 Å². The Labute approximate surface area is 105 Å². The molecule has 100 valence electrons. The molecule has 0 bridgehead atoms. The lowest BCUT2D eigenvalue weighted by Crippen LogP contribution is -2.49. The number of hydrogen-bond acceptors (Lipinski definition) is 3. The van der Waals surface area contributed by atoms with Gasteiger partial charge in [0.25, 0.3) is 0 Å². The van der Waals surface area contributed by atoms with E-state index >= 15 is 0 Å². The highest BCUT2D eigenvalue weighted by Gasteiger charge is 2.29. The predicted octanol–water partition coefficient (Wildman–Crippen LogP) is 1.29. The molecule has 0 aromatic rings. The first-order valence-corrected chi connectivity index (χ1v) is 8.61. The largest absolute Gasteiger partial charge is 0.299 e. The van der Waals surface area contributed by atoms with Gasteiger partial charge < -0.3 is 0 Å². The van der Waals surface area contributed by atoms with Crippen molar-refractivity contribution < 1.29 is 8.42 Å². The Morgan fingerprint density at radius 1 is 0.941 bits per heavy atom. The molecule has 2 heterocycles. The van der Waals surface area contributed by atoms with Crippen LogP contribution in [-0.4, -0.2) is 56.1 Å². The van der Waals surface area contributed by atoms with Crippen molar-refractivity contribution in [3.63, 3.8) is 0 Å². The number of hydrogen-bond donors (Lipinski definition) is 0. The molecule has 2 saturated heterocycles. The van der Waals surface area contributed by atoms with Crippen LogP contribution in [0, 0.1) is 0 Å². The Morgan fingerprint density at radius 3 is 2.18 bits per heavy atom. The van der Waals surface area contributed by atoms with Crippen molar-refractivity contribution in [1.82, 2.24) is 9.21 Å². The zero-order valence-electron chi connectivity index (χ0n) is 10.8. The van der Waals surface area contributed by atoms with Crippen molar-refractivity contribution in [2.45, 2.75) is 44.6 Å². The van der Waals surface area contributed by atoms with Crippen LogP contribution in [0.25, 0.3) is 0 Å².